The van der Waals surface area contributed by atoms with Crippen molar-refractivity contribution in [1.82, 2.24) is 0 Å². The fraction of sp³-hybridized carbons (Fsp3) is 0.333. The first kappa shape index (κ1) is 12.7. The van der Waals surface area contributed by atoms with Crippen LogP contribution >= 0.6 is 0 Å². The van der Waals surface area contributed by atoms with Crippen molar-refractivity contribution >= 4 is 0 Å². The van der Waals surface area contributed by atoms with Crippen molar-refractivity contribution in [1.29, 1.82) is 0 Å². The van der Waals surface area contributed by atoms with Crippen LogP contribution in [0.4, 0.5) is 0 Å². The zero-order valence-corrected chi connectivity index (χ0v) is 12.0. The van der Waals surface area contributed by atoms with Crippen LogP contribution in [0.15, 0.2) is 42.5 Å². The minimum Gasteiger partial charge on any atom is -0.497 e. The van der Waals surface area contributed by atoms with Gasteiger partial charge in [0.25, 0.3) is 0 Å². The third kappa shape index (κ3) is 2.00. The van der Waals surface area contributed by atoms with Gasteiger partial charge in [-0.1, -0.05) is 24.3 Å². The summed E-state index contributed by atoms with van der Waals surface area (Å²) in [6.45, 7) is 0. The van der Waals surface area contributed by atoms with Gasteiger partial charge in [-0.25, -0.2) is 0 Å². The molecule has 1 N–H and O–H groups in total. The Hall–Kier alpha value is -2.00. The van der Waals surface area contributed by atoms with E-state index in [1.807, 2.05) is 18.2 Å². The zero-order chi connectivity index (χ0) is 14.4. The van der Waals surface area contributed by atoms with Gasteiger partial charge in [0.2, 0.25) is 0 Å². The largest absolute Gasteiger partial charge is 0.497 e. The van der Waals surface area contributed by atoms with Crippen LogP contribution in [-0.2, 0) is 12.8 Å². The number of aliphatic hydroxyl groups excluding tert-OH is 1. The molecule has 0 amide bonds. The summed E-state index contributed by atoms with van der Waals surface area (Å²) in [6.07, 6.45) is 1.86. The van der Waals surface area contributed by atoms with Crippen molar-refractivity contribution < 1.29 is 14.6 Å². The Kier molecular flexibility index (Phi) is 2.73. The summed E-state index contributed by atoms with van der Waals surface area (Å²) in [5.74, 6) is 1.53. The van der Waals surface area contributed by atoms with Gasteiger partial charge in [0.05, 0.1) is 13.2 Å². The number of ether oxygens (including phenoxy) is 2. The van der Waals surface area contributed by atoms with Crippen molar-refractivity contribution in [3.05, 3.63) is 59.2 Å². The monoisotopic (exact) mass is 282 g/mol. The molecule has 21 heavy (non-hydrogen) atoms. The molecular weight excluding hydrogens is 264 g/mol. The second-order valence-electron chi connectivity index (χ2n) is 6.03. The maximum atomic E-state index is 10.6. The summed E-state index contributed by atoms with van der Waals surface area (Å²) in [5, 5.41) is 10.6. The molecule has 0 saturated carbocycles. The molecule has 0 unspecified atom stereocenters. The molecule has 3 nitrogen and oxygen atoms in total. The lowest BCUT2D eigenvalue weighted by atomic mass is 9.86. The van der Waals surface area contributed by atoms with Crippen LogP contribution in [0.5, 0.6) is 11.5 Å². The molecule has 1 heterocycles. The number of hydrogen-bond acceptors (Lipinski definition) is 3. The summed E-state index contributed by atoms with van der Waals surface area (Å²) in [7, 11) is 1.63. The molecule has 0 bridgehead atoms. The lowest BCUT2D eigenvalue weighted by molar-refractivity contribution is -0.00719. The van der Waals surface area contributed by atoms with Gasteiger partial charge in [-0.3, -0.25) is 0 Å². The van der Waals surface area contributed by atoms with Crippen LogP contribution in [0, 0.1) is 0 Å². The number of fused-ring (bicyclic) bond motifs is 2. The van der Waals surface area contributed by atoms with E-state index in [0.29, 0.717) is 6.42 Å². The average Bonchev–Trinajstić information content (AvgIpc) is 2.84. The van der Waals surface area contributed by atoms with E-state index in [-0.39, 0.29) is 5.60 Å². The highest BCUT2D eigenvalue weighted by Gasteiger charge is 2.44. The van der Waals surface area contributed by atoms with Crippen molar-refractivity contribution in [3.63, 3.8) is 0 Å². The normalized spacial score (nSPS) is 21.5. The average molecular weight is 282 g/mol. The molecule has 0 saturated heterocycles. The SMILES string of the molecule is COc1ccc2c(c1)[C@@H](O)CC1(Cc3ccccc3C1)O2. The molecule has 0 radical (unpaired) electrons. The first-order chi connectivity index (χ1) is 10.2. The van der Waals surface area contributed by atoms with E-state index >= 15 is 0 Å². The fourth-order valence-electron chi connectivity index (χ4n) is 3.62. The highest BCUT2D eigenvalue weighted by Crippen LogP contribution is 2.46. The highest BCUT2D eigenvalue weighted by atomic mass is 16.5. The van der Waals surface area contributed by atoms with Gasteiger partial charge < -0.3 is 14.6 Å². The van der Waals surface area contributed by atoms with Gasteiger partial charge in [0.15, 0.2) is 0 Å². The van der Waals surface area contributed by atoms with Gasteiger partial charge in [-0.05, 0) is 29.3 Å². The highest BCUT2D eigenvalue weighted by molar-refractivity contribution is 5.46. The first-order valence-corrected chi connectivity index (χ1v) is 7.31. The first-order valence-electron chi connectivity index (χ1n) is 7.31. The second kappa shape index (κ2) is 4.50. The molecule has 1 atom stereocenters. The topological polar surface area (TPSA) is 38.7 Å². The predicted molar refractivity (Wildman–Crippen MR) is 79.8 cm³/mol. The van der Waals surface area contributed by atoms with E-state index in [9.17, 15) is 5.11 Å². The van der Waals surface area contributed by atoms with E-state index < -0.39 is 6.10 Å². The van der Waals surface area contributed by atoms with Crippen LogP contribution in [0.3, 0.4) is 0 Å². The van der Waals surface area contributed by atoms with Crippen LogP contribution in [-0.4, -0.2) is 17.8 Å². The number of hydrogen-bond donors (Lipinski definition) is 1. The van der Waals surface area contributed by atoms with E-state index in [0.717, 1.165) is 29.9 Å². The maximum absolute atomic E-state index is 10.6. The minimum absolute atomic E-state index is 0.301. The standard InChI is InChI=1S/C18H18O3/c1-20-14-6-7-17-15(8-14)16(19)11-18(21-17)9-12-4-2-3-5-13(12)10-18/h2-8,16,19H,9-11H2,1H3/t16-/m0/s1. The smallest absolute Gasteiger partial charge is 0.126 e. The molecule has 0 aromatic heterocycles. The molecule has 0 fully saturated rings. The van der Waals surface area contributed by atoms with Crippen molar-refractivity contribution in [2.45, 2.75) is 31.0 Å². The van der Waals surface area contributed by atoms with E-state index in [1.165, 1.54) is 11.1 Å². The Morgan fingerprint density at radius 3 is 2.52 bits per heavy atom. The number of rotatable bonds is 1. The second-order valence-corrected chi connectivity index (χ2v) is 6.03. The molecule has 1 aliphatic heterocycles. The Labute approximate surface area is 124 Å². The minimum atomic E-state index is -0.502. The number of methoxy groups -OCH3 is 1. The summed E-state index contributed by atoms with van der Waals surface area (Å²) in [5.41, 5.74) is 3.20. The van der Waals surface area contributed by atoms with Crippen molar-refractivity contribution in [3.8, 4) is 11.5 Å². The third-order valence-electron chi connectivity index (χ3n) is 4.61. The number of aliphatic hydroxyl groups is 1. The van der Waals surface area contributed by atoms with Crippen LogP contribution in [0.1, 0.15) is 29.2 Å². The fourth-order valence-corrected chi connectivity index (χ4v) is 3.62. The van der Waals surface area contributed by atoms with Gasteiger partial charge >= 0.3 is 0 Å². The molecule has 2 aromatic carbocycles. The molecule has 3 heteroatoms. The lowest BCUT2D eigenvalue weighted by Gasteiger charge is -2.38. The Morgan fingerprint density at radius 1 is 1.14 bits per heavy atom. The van der Waals surface area contributed by atoms with E-state index in [4.69, 9.17) is 9.47 Å². The predicted octanol–water partition coefficient (Wildman–Crippen LogP) is 3.05. The molecule has 4 rings (SSSR count). The van der Waals surface area contributed by atoms with Crippen molar-refractivity contribution in [2.24, 2.45) is 0 Å². The molecule has 108 valence electrons. The Balaban J connectivity index is 1.70. The molecule has 2 aromatic rings. The van der Waals surface area contributed by atoms with Crippen LogP contribution < -0.4 is 9.47 Å². The summed E-state index contributed by atoms with van der Waals surface area (Å²) < 4.78 is 11.5. The number of benzene rings is 2. The lowest BCUT2D eigenvalue weighted by Crippen LogP contribution is -2.42. The van der Waals surface area contributed by atoms with Gasteiger partial charge in [-0.2, -0.15) is 0 Å². The summed E-state index contributed by atoms with van der Waals surface area (Å²) in [6, 6.07) is 14.1. The maximum Gasteiger partial charge on any atom is 0.126 e. The van der Waals surface area contributed by atoms with Gasteiger partial charge in [-0.15, -0.1) is 0 Å². The summed E-state index contributed by atoms with van der Waals surface area (Å²) in [4.78, 5) is 0. The van der Waals surface area contributed by atoms with E-state index in [1.54, 1.807) is 7.11 Å². The molecular formula is C18H18O3. The Morgan fingerprint density at radius 2 is 1.86 bits per heavy atom. The van der Waals surface area contributed by atoms with Crippen LogP contribution in [0.2, 0.25) is 0 Å². The van der Waals surface area contributed by atoms with E-state index in [2.05, 4.69) is 24.3 Å². The Bertz CT molecular complexity index is 668. The van der Waals surface area contributed by atoms with Gasteiger partial charge in [0, 0.05) is 24.8 Å². The molecule has 1 aliphatic carbocycles. The quantitative estimate of drug-likeness (QED) is 0.873. The molecule has 1 spiro atoms. The zero-order valence-electron chi connectivity index (χ0n) is 12.0. The summed E-state index contributed by atoms with van der Waals surface area (Å²) >= 11 is 0. The van der Waals surface area contributed by atoms with Crippen LogP contribution in [0.25, 0.3) is 0 Å². The van der Waals surface area contributed by atoms with Gasteiger partial charge in [0.1, 0.15) is 17.1 Å². The third-order valence-corrected chi connectivity index (χ3v) is 4.61. The molecule has 2 aliphatic rings. The van der Waals surface area contributed by atoms with Crippen molar-refractivity contribution in [2.75, 3.05) is 7.11 Å².